The first kappa shape index (κ1) is 25.7. The topological polar surface area (TPSA) is 136 Å². The number of methoxy groups -OCH3 is 1. The van der Waals surface area contributed by atoms with E-state index in [1.807, 2.05) is 29.2 Å². The van der Waals surface area contributed by atoms with Gasteiger partial charge < -0.3 is 10.1 Å². The Labute approximate surface area is 230 Å². The molecule has 2 N–H and O–H groups in total. The van der Waals surface area contributed by atoms with E-state index in [0.717, 1.165) is 59.8 Å². The number of benzene rings is 1. The van der Waals surface area contributed by atoms with Gasteiger partial charge in [-0.05, 0) is 62.3 Å². The highest BCUT2D eigenvalue weighted by molar-refractivity contribution is 6.23. The Kier molecular flexibility index (Phi) is 6.79. The van der Waals surface area contributed by atoms with Gasteiger partial charge in [-0.1, -0.05) is 0 Å². The lowest BCUT2D eigenvalue weighted by Gasteiger charge is -2.35. The minimum atomic E-state index is -0.959. The van der Waals surface area contributed by atoms with Crippen LogP contribution in [0.2, 0.25) is 0 Å². The molecule has 1 saturated heterocycles. The van der Waals surface area contributed by atoms with Gasteiger partial charge in [-0.15, -0.1) is 0 Å². The average Bonchev–Trinajstić information content (AvgIpc) is 3.51. The third kappa shape index (κ3) is 4.83. The average molecular weight is 543 g/mol. The minimum absolute atomic E-state index is 0.0994. The van der Waals surface area contributed by atoms with Crippen LogP contribution in [0, 0.1) is 5.92 Å². The number of amides is 4. The number of hydrogen-bond donors (Lipinski definition) is 2. The highest BCUT2D eigenvalue weighted by Gasteiger charge is 2.44. The van der Waals surface area contributed by atoms with Crippen LogP contribution in [0.15, 0.2) is 48.9 Å². The quantitative estimate of drug-likeness (QED) is 0.311. The van der Waals surface area contributed by atoms with E-state index in [1.165, 1.54) is 0 Å². The van der Waals surface area contributed by atoms with Gasteiger partial charge in [-0.2, -0.15) is 5.10 Å². The molecule has 2 aromatic heterocycles. The normalized spacial score (nSPS) is 22.1. The summed E-state index contributed by atoms with van der Waals surface area (Å²) in [5.41, 5.74) is 3.14. The number of nitrogens with zero attached hydrogens (tertiary/aromatic N) is 4. The molecule has 11 heteroatoms. The fourth-order valence-corrected chi connectivity index (χ4v) is 5.72. The lowest BCUT2D eigenvalue weighted by Crippen LogP contribution is -2.54. The number of fused-ring (bicyclic) bond motifs is 1. The molecule has 206 valence electrons. The Morgan fingerprint density at radius 2 is 1.90 bits per heavy atom. The number of ether oxygens (including phenoxy) is 1. The highest BCUT2D eigenvalue weighted by Crippen LogP contribution is 2.40. The van der Waals surface area contributed by atoms with Crippen LogP contribution >= 0.6 is 0 Å². The van der Waals surface area contributed by atoms with Crippen LogP contribution in [0.5, 0.6) is 5.75 Å². The maximum absolute atomic E-state index is 13.0. The molecular weight excluding hydrogens is 512 g/mol. The van der Waals surface area contributed by atoms with Gasteiger partial charge in [-0.25, -0.2) is 0 Å². The third-order valence-corrected chi connectivity index (χ3v) is 8.01. The molecule has 4 heterocycles. The number of imide groups is 2. The van der Waals surface area contributed by atoms with Crippen molar-refractivity contribution in [3.8, 4) is 17.0 Å². The molecule has 0 radical (unpaired) electrons. The van der Waals surface area contributed by atoms with Gasteiger partial charge >= 0.3 is 0 Å². The molecule has 2 fully saturated rings. The van der Waals surface area contributed by atoms with E-state index in [-0.39, 0.29) is 29.9 Å². The Bertz CT molecular complexity index is 1490. The second kappa shape index (κ2) is 10.6. The molecule has 2 aliphatic heterocycles. The predicted octanol–water partition coefficient (Wildman–Crippen LogP) is 3.20. The Morgan fingerprint density at radius 3 is 2.70 bits per heavy atom. The molecule has 3 aromatic rings. The first-order valence-electron chi connectivity index (χ1n) is 13.6. The second-order valence-corrected chi connectivity index (χ2v) is 10.6. The fourth-order valence-electron chi connectivity index (χ4n) is 5.72. The first-order chi connectivity index (χ1) is 19.4. The summed E-state index contributed by atoms with van der Waals surface area (Å²) in [5, 5.41) is 10.1. The van der Waals surface area contributed by atoms with Crippen LogP contribution in [0.4, 0.5) is 5.69 Å². The zero-order chi connectivity index (χ0) is 27.8. The van der Waals surface area contributed by atoms with Crippen LogP contribution < -0.4 is 15.4 Å². The number of anilines is 1. The van der Waals surface area contributed by atoms with Crippen molar-refractivity contribution in [2.24, 2.45) is 5.92 Å². The summed E-state index contributed by atoms with van der Waals surface area (Å²) >= 11 is 0. The smallest absolute Gasteiger partial charge is 0.262 e. The molecule has 6 rings (SSSR count). The number of nitrogens with one attached hydrogen (secondary N) is 2. The summed E-state index contributed by atoms with van der Waals surface area (Å²) in [6, 6.07) is 8.24. The van der Waals surface area contributed by atoms with Crippen molar-refractivity contribution >= 4 is 29.3 Å². The van der Waals surface area contributed by atoms with Crippen LogP contribution in [-0.2, 0) is 9.59 Å². The lowest BCUT2D eigenvalue weighted by molar-refractivity contribution is -0.136. The van der Waals surface area contributed by atoms with E-state index in [4.69, 9.17) is 4.74 Å². The summed E-state index contributed by atoms with van der Waals surface area (Å²) in [6.07, 6.45) is 10.1. The van der Waals surface area contributed by atoms with Crippen LogP contribution in [0.3, 0.4) is 0 Å². The van der Waals surface area contributed by atoms with Gasteiger partial charge in [0, 0.05) is 42.7 Å². The summed E-state index contributed by atoms with van der Waals surface area (Å²) in [7, 11) is 1.64. The molecule has 1 aromatic carbocycles. The number of rotatable bonds is 9. The maximum Gasteiger partial charge on any atom is 0.262 e. The van der Waals surface area contributed by atoms with E-state index in [0.29, 0.717) is 12.0 Å². The van der Waals surface area contributed by atoms with Crippen molar-refractivity contribution in [1.29, 1.82) is 0 Å². The molecule has 11 nitrogen and oxygen atoms in total. The number of hydrogen-bond acceptors (Lipinski definition) is 8. The van der Waals surface area contributed by atoms with E-state index in [2.05, 4.69) is 20.7 Å². The van der Waals surface area contributed by atoms with Crippen molar-refractivity contribution in [3.63, 3.8) is 0 Å². The molecule has 1 saturated carbocycles. The van der Waals surface area contributed by atoms with Gasteiger partial charge in [0.1, 0.15) is 11.8 Å². The molecule has 1 atom stereocenters. The van der Waals surface area contributed by atoms with E-state index in [9.17, 15) is 19.2 Å². The van der Waals surface area contributed by atoms with Gasteiger partial charge in [0.05, 0.1) is 36.2 Å². The number of piperidine rings is 1. The monoisotopic (exact) mass is 542 g/mol. The van der Waals surface area contributed by atoms with Gasteiger partial charge in [0.15, 0.2) is 0 Å². The maximum atomic E-state index is 13.0. The zero-order valence-electron chi connectivity index (χ0n) is 22.1. The largest absolute Gasteiger partial charge is 0.497 e. The highest BCUT2D eigenvalue weighted by atomic mass is 16.5. The lowest BCUT2D eigenvalue weighted by atomic mass is 9.77. The summed E-state index contributed by atoms with van der Waals surface area (Å²) in [4.78, 5) is 55.0. The van der Waals surface area contributed by atoms with Crippen molar-refractivity contribution in [3.05, 3.63) is 60.0 Å². The molecule has 4 amide bonds. The Balaban J connectivity index is 0.972. The predicted molar refractivity (Wildman–Crippen MR) is 145 cm³/mol. The van der Waals surface area contributed by atoms with Crippen molar-refractivity contribution in [1.82, 2.24) is 25.0 Å². The van der Waals surface area contributed by atoms with Crippen molar-refractivity contribution in [2.75, 3.05) is 19.0 Å². The number of carbonyl (C=O) groups excluding carboxylic acids is 4. The van der Waals surface area contributed by atoms with Gasteiger partial charge in [0.25, 0.3) is 11.8 Å². The van der Waals surface area contributed by atoms with E-state index >= 15 is 0 Å². The first-order valence-corrected chi connectivity index (χ1v) is 13.6. The van der Waals surface area contributed by atoms with Crippen molar-refractivity contribution in [2.45, 2.75) is 50.6 Å². The SMILES string of the molecule is COc1ccnc(-c2cnn(C3CC(CCCNc4ccc5c(c4)C(=O)N(C4CCC(=O)NC4=O)C5=O)C3)c2)c1. The van der Waals surface area contributed by atoms with Gasteiger partial charge in [0.2, 0.25) is 11.8 Å². The summed E-state index contributed by atoms with van der Waals surface area (Å²) in [6.45, 7) is 0.742. The van der Waals surface area contributed by atoms with Crippen molar-refractivity contribution < 1.29 is 23.9 Å². The summed E-state index contributed by atoms with van der Waals surface area (Å²) < 4.78 is 7.32. The molecule has 0 bridgehead atoms. The number of carbonyl (C=O) groups is 4. The van der Waals surface area contributed by atoms with Crippen LogP contribution in [-0.4, -0.2) is 63.0 Å². The molecule has 0 spiro atoms. The Morgan fingerprint density at radius 1 is 1.07 bits per heavy atom. The molecule has 1 unspecified atom stereocenters. The van der Waals surface area contributed by atoms with Crippen LogP contribution in [0.25, 0.3) is 11.3 Å². The van der Waals surface area contributed by atoms with E-state index in [1.54, 1.807) is 31.5 Å². The zero-order valence-corrected chi connectivity index (χ0v) is 22.1. The van der Waals surface area contributed by atoms with E-state index < -0.39 is 23.8 Å². The Hall–Kier alpha value is -4.54. The second-order valence-electron chi connectivity index (χ2n) is 10.6. The molecule has 40 heavy (non-hydrogen) atoms. The fraction of sp³-hybridized carbons (Fsp3) is 0.379. The van der Waals surface area contributed by atoms with Gasteiger partial charge in [-0.3, -0.25) is 39.1 Å². The minimum Gasteiger partial charge on any atom is -0.497 e. The standard InChI is InChI=1S/C29H30N6O5/c1-40-21-8-10-31-24(14-21)18-15-32-34(16-18)20-11-17(12-20)3-2-9-30-19-4-5-22-23(13-19)29(39)35(28(22)38)25-6-7-26(36)33-27(25)37/h4-5,8,10,13-17,20,25,30H,2-3,6-7,9,11-12H2,1H3,(H,33,36,37). The molecule has 1 aliphatic carbocycles. The molecular formula is C29H30N6O5. The third-order valence-electron chi connectivity index (χ3n) is 8.01. The summed E-state index contributed by atoms with van der Waals surface area (Å²) in [5.74, 6) is -0.587. The number of pyridine rings is 1. The molecule has 3 aliphatic rings. The van der Waals surface area contributed by atoms with Crippen LogP contribution in [0.1, 0.15) is 65.3 Å². The number of aromatic nitrogens is 3.